The molecule has 1 fully saturated rings. The molecule has 1 aliphatic heterocycles. The van der Waals surface area contributed by atoms with Gasteiger partial charge in [-0.25, -0.2) is 4.79 Å². The van der Waals surface area contributed by atoms with Crippen molar-refractivity contribution in [3.8, 4) is 0 Å². The van der Waals surface area contributed by atoms with Crippen LogP contribution in [0.2, 0.25) is 0 Å². The quantitative estimate of drug-likeness (QED) is 0.818. The standard InChI is InChI=1S/C13H23N3O/c1-8(2)7-16-12(17)15-11(14)13(16)5-10(6-13)9(3)4/h8-10H,5-7H2,1-4H3,(H2,14,15,17). The smallest absolute Gasteiger partial charge is 0.346 e. The van der Waals surface area contributed by atoms with E-state index < -0.39 is 0 Å². The number of carbonyl (C=O) groups excluding carboxylic acids is 1. The van der Waals surface area contributed by atoms with Gasteiger partial charge in [-0.15, -0.1) is 0 Å². The summed E-state index contributed by atoms with van der Waals surface area (Å²) in [5, 5.41) is 0. The number of aliphatic imine (C=N–C) groups is 1. The van der Waals surface area contributed by atoms with Crippen LogP contribution in [-0.4, -0.2) is 28.9 Å². The van der Waals surface area contributed by atoms with Gasteiger partial charge >= 0.3 is 6.03 Å². The maximum Gasteiger partial charge on any atom is 0.346 e. The predicted molar refractivity (Wildman–Crippen MR) is 68.9 cm³/mol. The van der Waals surface area contributed by atoms with E-state index in [1.807, 2.05) is 4.90 Å². The van der Waals surface area contributed by atoms with Crippen molar-refractivity contribution in [1.29, 1.82) is 0 Å². The fraction of sp³-hybridized carbons (Fsp3) is 0.846. The van der Waals surface area contributed by atoms with Crippen LogP contribution in [0.5, 0.6) is 0 Å². The molecule has 4 nitrogen and oxygen atoms in total. The van der Waals surface area contributed by atoms with Gasteiger partial charge < -0.3 is 10.6 Å². The van der Waals surface area contributed by atoms with Gasteiger partial charge in [0.2, 0.25) is 0 Å². The molecule has 0 aromatic heterocycles. The van der Waals surface area contributed by atoms with Crippen molar-refractivity contribution in [2.75, 3.05) is 6.54 Å². The Morgan fingerprint density at radius 3 is 2.47 bits per heavy atom. The highest BCUT2D eigenvalue weighted by molar-refractivity contribution is 6.06. The first kappa shape index (κ1) is 12.4. The molecule has 0 unspecified atom stereocenters. The van der Waals surface area contributed by atoms with Crippen molar-refractivity contribution in [2.24, 2.45) is 28.5 Å². The van der Waals surface area contributed by atoms with Gasteiger partial charge in [-0.2, -0.15) is 4.99 Å². The molecule has 0 atom stereocenters. The van der Waals surface area contributed by atoms with E-state index in [0.717, 1.165) is 19.4 Å². The minimum Gasteiger partial charge on any atom is -0.385 e. The van der Waals surface area contributed by atoms with Crippen LogP contribution in [0, 0.1) is 17.8 Å². The van der Waals surface area contributed by atoms with E-state index >= 15 is 0 Å². The molecule has 2 aliphatic rings. The lowest BCUT2D eigenvalue weighted by Gasteiger charge is -2.51. The SMILES string of the molecule is CC(C)CN1C(=O)N=C(N)C12CC(C(C)C)C2. The third kappa shape index (κ3) is 1.83. The van der Waals surface area contributed by atoms with Crippen LogP contribution in [0.25, 0.3) is 0 Å². The normalized spacial score (nSPS) is 32.6. The fourth-order valence-corrected chi connectivity index (χ4v) is 2.92. The maximum atomic E-state index is 11.9. The number of hydrogen-bond acceptors (Lipinski definition) is 2. The van der Waals surface area contributed by atoms with Crippen LogP contribution in [0.15, 0.2) is 4.99 Å². The lowest BCUT2D eigenvalue weighted by atomic mass is 9.63. The zero-order valence-corrected chi connectivity index (χ0v) is 11.2. The Kier molecular flexibility index (Phi) is 2.92. The largest absolute Gasteiger partial charge is 0.385 e. The van der Waals surface area contributed by atoms with Crippen molar-refractivity contribution in [2.45, 2.75) is 46.1 Å². The maximum absolute atomic E-state index is 11.9. The first-order valence-corrected chi connectivity index (χ1v) is 6.53. The number of carbonyl (C=O) groups is 1. The van der Waals surface area contributed by atoms with Gasteiger partial charge in [-0.05, 0) is 30.6 Å². The summed E-state index contributed by atoms with van der Waals surface area (Å²) in [6.45, 7) is 9.46. The third-order valence-corrected chi connectivity index (χ3v) is 4.13. The molecule has 0 aromatic carbocycles. The molecule has 0 saturated heterocycles. The Hall–Kier alpha value is -1.06. The summed E-state index contributed by atoms with van der Waals surface area (Å²) in [5.74, 6) is 2.32. The highest BCUT2D eigenvalue weighted by atomic mass is 16.2. The zero-order valence-electron chi connectivity index (χ0n) is 11.2. The highest BCUT2D eigenvalue weighted by Crippen LogP contribution is 2.48. The van der Waals surface area contributed by atoms with E-state index in [1.54, 1.807) is 0 Å². The molecule has 1 heterocycles. The Morgan fingerprint density at radius 1 is 1.41 bits per heavy atom. The molecule has 1 saturated carbocycles. The van der Waals surface area contributed by atoms with Gasteiger partial charge in [0.1, 0.15) is 11.4 Å². The van der Waals surface area contributed by atoms with E-state index in [4.69, 9.17) is 5.73 Å². The van der Waals surface area contributed by atoms with Crippen LogP contribution in [-0.2, 0) is 0 Å². The summed E-state index contributed by atoms with van der Waals surface area (Å²) >= 11 is 0. The summed E-state index contributed by atoms with van der Waals surface area (Å²) in [6.07, 6.45) is 1.97. The van der Waals surface area contributed by atoms with Gasteiger partial charge in [0.15, 0.2) is 0 Å². The second kappa shape index (κ2) is 4.00. The first-order valence-electron chi connectivity index (χ1n) is 6.53. The average Bonchev–Trinajstić information content (AvgIpc) is 2.35. The number of rotatable bonds is 3. The number of nitrogens with zero attached hydrogens (tertiary/aromatic N) is 2. The molecule has 17 heavy (non-hydrogen) atoms. The molecule has 0 aromatic rings. The van der Waals surface area contributed by atoms with E-state index in [1.165, 1.54) is 0 Å². The number of nitrogens with two attached hydrogens (primary N) is 1. The lowest BCUT2D eigenvalue weighted by Crippen LogP contribution is -2.63. The summed E-state index contributed by atoms with van der Waals surface area (Å²) < 4.78 is 0. The molecule has 4 heteroatoms. The number of amidine groups is 1. The predicted octanol–water partition coefficient (Wildman–Crippen LogP) is 2.24. The molecular formula is C13H23N3O. The van der Waals surface area contributed by atoms with Crippen molar-refractivity contribution in [3.63, 3.8) is 0 Å². The summed E-state index contributed by atoms with van der Waals surface area (Å²) in [4.78, 5) is 17.7. The van der Waals surface area contributed by atoms with Crippen LogP contribution in [0.1, 0.15) is 40.5 Å². The minimum absolute atomic E-state index is 0.140. The van der Waals surface area contributed by atoms with E-state index in [0.29, 0.717) is 23.6 Å². The van der Waals surface area contributed by atoms with Crippen molar-refractivity contribution < 1.29 is 4.79 Å². The minimum atomic E-state index is -0.240. The Bertz CT molecular complexity index is 354. The van der Waals surface area contributed by atoms with E-state index in [-0.39, 0.29) is 11.6 Å². The van der Waals surface area contributed by atoms with Crippen LogP contribution >= 0.6 is 0 Å². The number of amides is 2. The van der Waals surface area contributed by atoms with Gasteiger partial charge in [-0.3, -0.25) is 0 Å². The topological polar surface area (TPSA) is 58.7 Å². The molecule has 96 valence electrons. The van der Waals surface area contributed by atoms with Gasteiger partial charge in [0.25, 0.3) is 0 Å². The number of urea groups is 1. The third-order valence-electron chi connectivity index (χ3n) is 4.13. The van der Waals surface area contributed by atoms with Gasteiger partial charge in [0, 0.05) is 6.54 Å². The van der Waals surface area contributed by atoms with Gasteiger partial charge in [-0.1, -0.05) is 27.7 Å². The molecule has 0 radical (unpaired) electrons. The van der Waals surface area contributed by atoms with E-state index in [9.17, 15) is 4.79 Å². The summed E-state index contributed by atoms with van der Waals surface area (Å²) in [5.41, 5.74) is 5.74. The second-order valence-electron chi connectivity index (χ2n) is 6.23. The van der Waals surface area contributed by atoms with Crippen molar-refractivity contribution >= 4 is 11.9 Å². The summed E-state index contributed by atoms with van der Waals surface area (Å²) in [7, 11) is 0. The summed E-state index contributed by atoms with van der Waals surface area (Å²) in [6, 6.07) is -0.140. The zero-order chi connectivity index (χ0) is 12.8. The first-order chi connectivity index (χ1) is 7.86. The number of hydrogen-bond donors (Lipinski definition) is 1. The van der Waals surface area contributed by atoms with Crippen LogP contribution in [0.3, 0.4) is 0 Å². The second-order valence-corrected chi connectivity index (χ2v) is 6.23. The Labute approximate surface area is 103 Å². The van der Waals surface area contributed by atoms with Crippen molar-refractivity contribution in [1.82, 2.24) is 4.90 Å². The van der Waals surface area contributed by atoms with Crippen LogP contribution in [0.4, 0.5) is 4.79 Å². The highest BCUT2D eigenvalue weighted by Gasteiger charge is 2.57. The Morgan fingerprint density at radius 2 is 2.00 bits per heavy atom. The monoisotopic (exact) mass is 237 g/mol. The molecule has 1 spiro atoms. The Balaban J connectivity index is 2.15. The van der Waals surface area contributed by atoms with Crippen LogP contribution < -0.4 is 5.73 Å². The van der Waals surface area contributed by atoms with Crippen molar-refractivity contribution in [3.05, 3.63) is 0 Å². The van der Waals surface area contributed by atoms with E-state index in [2.05, 4.69) is 32.7 Å². The lowest BCUT2D eigenvalue weighted by molar-refractivity contribution is 0.0394. The molecule has 2 amide bonds. The molecule has 1 aliphatic carbocycles. The molecule has 2 rings (SSSR count). The van der Waals surface area contributed by atoms with Gasteiger partial charge in [0.05, 0.1) is 0 Å². The molecular weight excluding hydrogens is 214 g/mol. The molecule has 0 bridgehead atoms. The average molecular weight is 237 g/mol. The molecule has 2 N–H and O–H groups in total. The fourth-order valence-electron chi connectivity index (χ4n) is 2.92.